The normalized spacial score (nSPS) is 14.4. The third-order valence-corrected chi connectivity index (χ3v) is 6.87. The Hall–Kier alpha value is -3.74. The van der Waals surface area contributed by atoms with Gasteiger partial charge in [0, 0.05) is 15.6 Å². The van der Waals surface area contributed by atoms with Crippen molar-refractivity contribution < 1.29 is 19.1 Å². The molecule has 1 aliphatic rings. The number of carbonyl (C=O) groups excluding carboxylic acids is 2. The molecule has 2 heterocycles. The van der Waals surface area contributed by atoms with Crippen LogP contribution in [0.15, 0.2) is 83.5 Å². The summed E-state index contributed by atoms with van der Waals surface area (Å²) in [5.74, 6) is -0.492. The van der Waals surface area contributed by atoms with Crippen LogP contribution in [0.3, 0.4) is 0 Å². The van der Waals surface area contributed by atoms with Gasteiger partial charge in [0.25, 0.3) is 0 Å². The van der Waals surface area contributed by atoms with Crippen LogP contribution in [0.2, 0.25) is 5.02 Å². The molecule has 7 heteroatoms. The molecule has 0 unspecified atom stereocenters. The minimum Gasteiger partial charge on any atom is -0.426 e. The van der Waals surface area contributed by atoms with Crippen LogP contribution in [0.25, 0.3) is 16.2 Å². The van der Waals surface area contributed by atoms with Crippen LogP contribution in [0.4, 0.5) is 0 Å². The highest BCUT2D eigenvalue weighted by Crippen LogP contribution is 2.38. The smallest absolute Gasteiger partial charge is 0.363 e. The van der Waals surface area contributed by atoms with Crippen molar-refractivity contribution in [1.29, 1.82) is 0 Å². The van der Waals surface area contributed by atoms with E-state index in [1.165, 1.54) is 11.3 Å². The second kappa shape index (κ2) is 9.25. The van der Waals surface area contributed by atoms with E-state index in [9.17, 15) is 9.59 Å². The van der Waals surface area contributed by atoms with Crippen molar-refractivity contribution in [2.24, 2.45) is 4.99 Å². The van der Waals surface area contributed by atoms with Gasteiger partial charge in [-0.05, 0) is 36.3 Å². The number of aryl methyl sites for hydroxylation is 1. The zero-order chi connectivity index (χ0) is 23.7. The molecule has 0 radical (unpaired) electrons. The lowest BCUT2D eigenvalue weighted by atomic mass is 10.1. The Bertz CT molecular complexity index is 1490. The lowest BCUT2D eigenvalue weighted by molar-refractivity contribution is -0.133. The van der Waals surface area contributed by atoms with Crippen LogP contribution in [-0.4, -0.2) is 17.8 Å². The van der Waals surface area contributed by atoms with E-state index in [2.05, 4.69) is 4.99 Å². The van der Waals surface area contributed by atoms with Gasteiger partial charge in [-0.2, -0.15) is 0 Å². The van der Waals surface area contributed by atoms with E-state index in [0.717, 1.165) is 21.2 Å². The summed E-state index contributed by atoms with van der Waals surface area (Å²) in [4.78, 5) is 30.0. The van der Waals surface area contributed by atoms with E-state index in [1.807, 2.05) is 55.5 Å². The van der Waals surface area contributed by atoms with Crippen LogP contribution in [0.1, 0.15) is 21.6 Å². The first-order valence-corrected chi connectivity index (χ1v) is 11.7. The van der Waals surface area contributed by atoms with Crippen LogP contribution in [0.5, 0.6) is 5.75 Å². The number of cyclic esters (lactones) is 1. The lowest BCUT2D eigenvalue weighted by Crippen LogP contribution is -2.12. The van der Waals surface area contributed by atoms with Gasteiger partial charge < -0.3 is 9.47 Å². The molecule has 0 spiro atoms. The molecule has 0 atom stereocenters. The fraction of sp³-hybridized carbons (Fsp3) is 0.0741. The Labute approximate surface area is 204 Å². The standard InChI is InChI=1S/C27H18ClNO4S/c1-16-11-12-19-22(13-16)34-25(24(19)28)26-29-20(27(31)33-26)15-18-9-5-6-10-21(18)32-23(30)14-17-7-3-2-4-8-17/h2-13,15H,14H2,1H3/b20-15+. The first-order chi connectivity index (χ1) is 16.5. The Kier molecular flexibility index (Phi) is 6.01. The number of fused-ring (bicyclic) bond motifs is 1. The van der Waals surface area contributed by atoms with E-state index in [0.29, 0.717) is 21.2 Å². The Morgan fingerprint density at radius 3 is 2.68 bits per heavy atom. The van der Waals surface area contributed by atoms with Crippen molar-refractivity contribution in [2.45, 2.75) is 13.3 Å². The first-order valence-electron chi connectivity index (χ1n) is 10.5. The Morgan fingerprint density at radius 2 is 1.85 bits per heavy atom. The Morgan fingerprint density at radius 1 is 1.09 bits per heavy atom. The summed E-state index contributed by atoms with van der Waals surface area (Å²) in [5, 5.41) is 1.39. The zero-order valence-corrected chi connectivity index (χ0v) is 19.7. The van der Waals surface area contributed by atoms with Gasteiger partial charge in [-0.15, -0.1) is 11.3 Å². The molecule has 168 valence electrons. The summed E-state index contributed by atoms with van der Waals surface area (Å²) in [6.45, 7) is 2.00. The topological polar surface area (TPSA) is 65.0 Å². The van der Waals surface area contributed by atoms with Crippen molar-refractivity contribution in [3.05, 3.63) is 105 Å². The van der Waals surface area contributed by atoms with E-state index >= 15 is 0 Å². The van der Waals surface area contributed by atoms with Crippen LogP contribution in [0, 0.1) is 6.92 Å². The fourth-order valence-corrected chi connectivity index (χ4v) is 5.11. The maximum Gasteiger partial charge on any atom is 0.363 e. The summed E-state index contributed by atoms with van der Waals surface area (Å²) in [7, 11) is 0. The number of hydrogen-bond acceptors (Lipinski definition) is 6. The SMILES string of the molecule is Cc1ccc2c(Cl)c(C3=N/C(=C/c4ccccc4OC(=O)Cc4ccccc4)C(=O)O3)sc2c1. The van der Waals surface area contributed by atoms with E-state index < -0.39 is 11.9 Å². The van der Waals surface area contributed by atoms with Crippen LogP contribution < -0.4 is 4.74 Å². The largest absolute Gasteiger partial charge is 0.426 e. The number of esters is 2. The molecule has 5 rings (SSSR count). The van der Waals surface area contributed by atoms with E-state index in [4.69, 9.17) is 21.1 Å². The van der Waals surface area contributed by atoms with Gasteiger partial charge in [-0.1, -0.05) is 72.3 Å². The predicted molar refractivity (Wildman–Crippen MR) is 134 cm³/mol. The molecule has 0 bridgehead atoms. The van der Waals surface area contributed by atoms with Gasteiger partial charge >= 0.3 is 11.9 Å². The molecule has 0 saturated carbocycles. The minimum atomic E-state index is -0.592. The molecule has 4 aromatic rings. The summed E-state index contributed by atoms with van der Waals surface area (Å²) in [6.07, 6.45) is 1.69. The van der Waals surface area contributed by atoms with Gasteiger partial charge in [-0.25, -0.2) is 9.79 Å². The number of carbonyl (C=O) groups is 2. The molecule has 0 fully saturated rings. The quantitative estimate of drug-likeness (QED) is 0.187. The number of aliphatic imine (C=N–C) groups is 1. The highest BCUT2D eigenvalue weighted by Gasteiger charge is 2.28. The lowest BCUT2D eigenvalue weighted by Gasteiger charge is -2.07. The van der Waals surface area contributed by atoms with Crippen molar-refractivity contribution in [3.63, 3.8) is 0 Å². The molecule has 0 aliphatic carbocycles. The number of nitrogens with zero attached hydrogens (tertiary/aromatic N) is 1. The van der Waals surface area contributed by atoms with Crippen molar-refractivity contribution in [1.82, 2.24) is 0 Å². The second-order valence-corrected chi connectivity index (χ2v) is 9.19. The van der Waals surface area contributed by atoms with E-state index in [-0.39, 0.29) is 18.0 Å². The van der Waals surface area contributed by atoms with E-state index in [1.54, 1.807) is 30.3 Å². The Balaban J connectivity index is 1.42. The first kappa shape index (κ1) is 22.1. The monoisotopic (exact) mass is 487 g/mol. The predicted octanol–water partition coefficient (Wildman–Crippen LogP) is 6.36. The zero-order valence-electron chi connectivity index (χ0n) is 18.1. The second-order valence-electron chi connectivity index (χ2n) is 7.76. The van der Waals surface area contributed by atoms with Gasteiger partial charge in [0.05, 0.1) is 11.4 Å². The maximum atomic E-state index is 12.6. The minimum absolute atomic E-state index is 0.103. The molecule has 3 aromatic carbocycles. The number of ether oxygens (including phenoxy) is 2. The summed E-state index contributed by atoms with van der Waals surface area (Å²) in [6, 6.07) is 22.3. The van der Waals surface area contributed by atoms with Gasteiger partial charge in [0.2, 0.25) is 5.90 Å². The maximum absolute atomic E-state index is 12.6. The molecular weight excluding hydrogens is 470 g/mol. The molecule has 0 saturated heterocycles. The van der Waals surface area contributed by atoms with Gasteiger partial charge in [0.15, 0.2) is 5.70 Å². The molecule has 0 N–H and O–H groups in total. The number of hydrogen-bond donors (Lipinski definition) is 0. The number of benzene rings is 3. The number of rotatable bonds is 5. The average molecular weight is 488 g/mol. The summed E-state index contributed by atoms with van der Waals surface area (Å²) < 4.78 is 12.0. The number of thiophene rings is 1. The van der Waals surface area contributed by atoms with Crippen LogP contribution in [-0.2, 0) is 20.7 Å². The highest BCUT2D eigenvalue weighted by atomic mass is 35.5. The van der Waals surface area contributed by atoms with Gasteiger partial charge in [0.1, 0.15) is 10.6 Å². The summed E-state index contributed by atoms with van der Waals surface area (Å²) in [5.41, 5.74) is 2.61. The third kappa shape index (κ3) is 4.51. The van der Waals surface area contributed by atoms with Crippen molar-refractivity contribution >= 4 is 56.9 Å². The number of halogens is 1. The molecule has 0 amide bonds. The fourth-order valence-electron chi connectivity index (χ4n) is 3.58. The van der Waals surface area contributed by atoms with Crippen molar-refractivity contribution in [3.8, 4) is 5.75 Å². The molecular formula is C27H18ClNO4S. The highest BCUT2D eigenvalue weighted by molar-refractivity contribution is 7.21. The summed E-state index contributed by atoms with van der Waals surface area (Å²) >= 11 is 7.98. The molecule has 5 nitrogen and oxygen atoms in total. The molecule has 34 heavy (non-hydrogen) atoms. The molecule has 1 aliphatic heterocycles. The van der Waals surface area contributed by atoms with Crippen LogP contribution >= 0.6 is 22.9 Å². The average Bonchev–Trinajstić information content (AvgIpc) is 3.34. The number of para-hydroxylation sites is 1. The molecule has 1 aromatic heterocycles. The van der Waals surface area contributed by atoms with Crippen molar-refractivity contribution in [2.75, 3.05) is 0 Å². The van der Waals surface area contributed by atoms with Gasteiger partial charge in [-0.3, -0.25) is 4.79 Å². The third-order valence-electron chi connectivity index (χ3n) is 5.23.